The third-order valence-corrected chi connectivity index (χ3v) is 3.47. The first kappa shape index (κ1) is 18.2. The molecule has 2 rings (SSSR count). The Morgan fingerprint density at radius 2 is 1.46 bits per heavy atom. The first-order valence-electron chi connectivity index (χ1n) is 6.25. The van der Waals surface area contributed by atoms with Gasteiger partial charge in [0.2, 0.25) is 0 Å². The monoisotopic (exact) mass is 372 g/mol. The van der Waals surface area contributed by atoms with Gasteiger partial charge in [0.25, 0.3) is 0 Å². The second-order valence-corrected chi connectivity index (χ2v) is 5.29. The highest BCUT2D eigenvalue weighted by atomic mass is 35.5. The van der Waals surface area contributed by atoms with Crippen LogP contribution in [0.2, 0.25) is 0 Å². The van der Waals surface area contributed by atoms with E-state index in [4.69, 9.17) is 0 Å². The zero-order valence-corrected chi connectivity index (χ0v) is 12.2. The number of alkyl halides is 6. The van der Waals surface area contributed by atoms with Crippen molar-refractivity contribution in [1.82, 2.24) is 4.98 Å². The molecule has 0 atom stereocenters. The summed E-state index contributed by atoms with van der Waals surface area (Å²) in [5.41, 5.74) is -8.42. The van der Waals surface area contributed by atoms with Gasteiger partial charge in [-0.3, -0.25) is 0 Å². The van der Waals surface area contributed by atoms with Crippen molar-refractivity contribution < 1.29 is 41.8 Å². The molecule has 0 spiro atoms. The van der Waals surface area contributed by atoms with E-state index in [0.29, 0.717) is 6.42 Å². The average molecular weight is 373 g/mol. The molecule has 0 radical (unpaired) electrons. The number of halogens is 6. The lowest BCUT2D eigenvalue weighted by Gasteiger charge is -2.38. The van der Waals surface area contributed by atoms with Crippen molar-refractivity contribution in [3.63, 3.8) is 0 Å². The standard InChI is InChI=1S/C12H8ClF5N2O4/c13-11(14,15)7-4(9(21)22)6(20-2-1-3-20)5(10(23)24)8(19-7)12(16,17)18/h1-3H2,(H,21,22)(H,23,24)/p-2. The number of hydrogen-bond donors (Lipinski definition) is 0. The van der Waals surface area contributed by atoms with Crippen LogP contribution in [-0.4, -0.2) is 30.0 Å². The fraction of sp³-hybridized carbons (Fsp3) is 0.417. The predicted molar refractivity (Wildman–Crippen MR) is 64.5 cm³/mol. The number of pyridine rings is 1. The molecule has 0 N–H and O–H groups in total. The van der Waals surface area contributed by atoms with Crippen LogP contribution in [0.1, 0.15) is 38.5 Å². The van der Waals surface area contributed by atoms with Crippen LogP contribution < -0.4 is 15.1 Å². The normalized spacial score (nSPS) is 15.2. The summed E-state index contributed by atoms with van der Waals surface area (Å²) < 4.78 is 66.0. The van der Waals surface area contributed by atoms with E-state index >= 15 is 0 Å². The van der Waals surface area contributed by atoms with Crippen LogP contribution in [-0.2, 0) is 11.6 Å². The van der Waals surface area contributed by atoms with Gasteiger partial charge < -0.3 is 24.7 Å². The number of carbonyl (C=O) groups is 2. The molecule has 1 aliphatic rings. The largest absolute Gasteiger partial charge is 0.545 e. The molecule has 6 nitrogen and oxygen atoms in total. The van der Waals surface area contributed by atoms with Gasteiger partial charge in [0, 0.05) is 13.1 Å². The molecule has 0 bridgehead atoms. The topological polar surface area (TPSA) is 96.4 Å². The third-order valence-electron chi connectivity index (χ3n) is 3.29. The van der Waals surface area contributed by atoms with E-state index in [1.54, 1.807) is 0 Å². The Kier molecular flexibility index (Phi) is 4.33. The van der Waals surface area contributed by atoms with Gasteiger partial charge in [-0.05, 0) is 18.0 Å². The van der Waals surface area contributed by atoms with Gasteiger partial charge >= 0.3 is 11.6 Å². The molecular formula is C12H6ClF5N2O4-2. The minimum atomic E-state index is -5.46. The Morgan fingerprint density at radius 3 is 1.75 bits per heavy atom. The van der Waals surface area contributed by atoms with E-state index in [1.807, 2.05) is 0 Å². The van der Waals surface area contributed by atoms with Crippen molar-refractivity contribution in [2.45, 2.75) is 18.0 Å². The second-order valence-electron chi connectivity index (χ2n) is 4.82. The van der Waals surface area contributed by atoms with Crippen molar-refractivity contribution in [2.24, 2.45) is 0 Å². The molecule has 0 unspecified atom stereocenters. The van der Waals surface area contributed by atoms with Crippen LogP contribution in [0.25, 0.3) is 0 Å². The molecule has 1 aliphatic heterocycles. The molecule has 12 heteroatoms. The van der Waals surface area contributed by atoms with Gasteiger partial charge in [-0.15, -0.1) is 0 Å². The highest BCUT2D eigenvalue weighted by Crippen LogP contribution is 2.44. The van der Waals surface area contributed by atoms with E-state index in [-0.39, 0.29) is 13.1 Å². The predicted octanol–water partition coefficient (Wildman–Crippen LogP) is 0.326. The zero-order chi connectivity index (χ0) is 18.4. The quantitative estimate of drug-likeness (QED) is 0.558. The molecule has 1 fully saturated rings. The van der Waals surface area contributed by atoms with Crippen molar-refractivity contribution >= 4 is 29.2 Å². The van der Waals surface area contributed by atoms with E-state index < -0.39 is 51.7 Å². The summed E-state index contributed by atoms with van der Waals surface area (Å²) in [6, 6.07) is 0. The minimum absolute atomic E-state index is 0.0465. The molecule has 24 heavy (non-hydrogen) atoms. The molecule has 0 aromatic carbocycles. The summed E-state index contributed by atoms with van der Waals surface area (Å²) >= 11 is 4.66. The highest BCUT2D eigenvalue weighted by molar-refractivity contribution is 6.22. The van der Waals surface area contributed by atoms with Gasteiger partial charge in [-0.2, -0.15) is 22.0 Å². The Balaban J connectivity index is 3.00. The molecule has 132 valence electrons. The zero-order valence-electron chi connectivity index (χ0n) is 11.4. The van der Waals surface area contributed by atoms with E-state index in [2.05, 4.69) is 16.6 Å². The number of hydrogen-bond acceptors (Lipinski definition) is 6. The third kappa shape index (κ3) is 3.07. The van der Waals surface area contributed by atoms with E-state index in [9.17, 15) is 41.8 Å². The summed E-state index contributed by atoms with van der Waals surface area (Å²) in [7, 11) is 0. The number of carboxylic acid groups (broad SMARTS) is 2. The van der Waals surface area contributed by atoms with Gasteiger partial charge in [0.15, 0.2) is 5.69 Å². The molecule has 0 amide bonds. The number of carbonyl (C=O) groups excluding carboxylic acids is 2. The smallest absolute Gasteiger partial charge is 0.434 e. The number of rotatable bonds is 4. The Labute approximate surface area is 135 Å². The van der Waals surface area contributed by atoms with Crippen LogP contribution in [0.3, 0.4) is 0 Å². The molecule has 1 saturated heterocycles. The number of aromatic carboxylic acids is 2. The molecule has 2 heterocycles. The van der Waals surface area contributed by atoms with E-state index in [0.717, 1.165) is 4.90 Å². The van der Waals surface area contributed by atoms with Gasteiger partial charge in [-0.1, -0.05) is 0 Å². The fourth-order valence-corrected chi connectivity index (χ4v) is 2.36. The molecule has 1 aromatic rings. The SMILES string of the molecule is O=C([O-])c1c(C(F)(F)F)nc(C(F)(F)Cl)c(C(=O)[O-])c1N1CCC1. The molecule has 0 aliphatic carbocycles. The van der Waals surface area contributed by atoms with Crippen molar-refractivity contribution in [3.05, 3.63) is 22.5 Å². The maximum absolute atomic E-state index is 13.4. The minimum Gasteiger partial charge on any atom is -0.545 e. The van der Waals surface area contributed by atoms with Crippen LogP contribution in [0.5, 0.6) is 0 Å². The maximum atomic E-state index is 13.4. The average Bonchev–Trinajstić information content (AvgIpc) is 2.32. The summed E-state index contributed by atoms with van der Waals surface area (Å²) in [4.78, 5) is 25.7. The second kappa shape index (κ2) is 5.72. The first-order valence-corrected chi connectivity index (χ1v) is 6.63. The number of aromatic nitrogens is 1. The van der Waals surface area contributed by atoms with E-state index in [1.165, 1.54) is 0 Å². The Bertz CT molecular complexity index is 663. The molecular weight excluding hydrogens is 367 g/mol. The van der Waals surface area contributed by atoms with Crippen molar-refractivity contribution in [2.75, 3.05) is 18.0 Å². The van der Waals surface area contributed by atoms with Crippen LogP contribution in [0.15, 0.2) is 0 Å². The number of carboxylic acids is 2. The van der Waals surface area contributed by atoms with Crippen LogP contribution >= 0.6 is 11.6 Å². The van der Waals surface area contributed by atoms with Crippen molar-refractivity contribution in [1.29, 1.82) is 0 Å². The lowest BCUT2D eigenvalue weighted by molar-refractivity contribution is -0.255. The number of nitrogens with zero attached hydrogens (tertiary/aromatic N) is 2. The summed E-state index contributed by atoms with van der Waals surface area (Å²) in [6.45, 7) is -0.0929. The summed E-state index contributed by atoms with van der Waals surface area (Å²) in [6.07, 6.45) is -5.08. The maximum Gasteiger partial charge on any atom is 0.434 e. The molecule has 0 saturated carbocycles. The van der Waals surface area contributed by atoms with Crippen LogP contribution in [0, 0.1) is 0 Å². The lowest BCUT2D eigenvalue weighted by atomic mass is 9.99. The summed E-state index contributed by atoms with van der Waals surface area (Å²) in [5, 5.41) is 17.8. The Hall–Kier alpha value is -2.17. The highest BCUT2D eigenvalue weighted by Gasteiger charge is 2.44. The van der Waals surface area contributed by atoms with Crippen molar-refractivity contribution in [3.8, 4) is 0 Å². The lowest BCUT2D eigenvalue weighted by Crippen LogP contribution is -2.43. The van der Waals surface area contributed by atoms with Gasteiger partial charge in [0.1, 0.15) is 5.69 Å². The summed E-state index contributed by atoms with van der Waals surface area (Å²) in [5.74, 6) is -4.75. The fourth-order valence-electron chi connectivity index (χ4n) is 2.23. The molecule has 1 aromatic heterocycles. The van der Waals surface area contributed by atoms with Gasteiger partial charge in [0.05, 0.1) is 28.8 Å². The first-order chi connectivity index (χ1) is 10.9. The van der Waals surface area contributed by atoms with Crippen LogP contribution in [0.4, 0.5) is 27.6 Å². The van der Waals surface area contributed by atoms with Gasteiger partial charge in [-0.25, -0.2) is 4.98 Å². The number of anilines is 1. The Morgan fingerprint density at radius 1 is 1.00 bits per heavy atom.